The normalized spacial score (nSPS) is 24.2. The van der Waals surface area contributed by atoms with Gasteiger partial charge in [0.15, 0.2) is 0 Å². The van der Waals surface area contributed by atoms with Gasteiger partial charge in [0.25, 0.3) is 5.69 Å². The van der Waals surface area contributed by atoms with Crippen LogP contribution in [0.4, 0.5) is 11.4 Å². The molecule has 2 aromatic rings. The van der Waals surface area contributed by atoms with Gasteiger partial charge in [-0.15, -0.1) is 0 Å². The third-order valence-electron chi connectivity index (χ3n) is 4.88. The summed E-state index contributed by atoms with van der Waals surface area (Å²) < 4.78 is 0. The Labute approximate surface area is 149 Å². The van der Waals surface area contributed by atoms with Gasteiger partial charge in [0.1, 0.15) is 0 Å². The number of halogens is 2. The molecule has 1 aliphatic heterocycles. The van der Waals surface area contributed by atoms with Crippen LogP contribution in [0.1, 0.15) is 29.5 Å². The Hall–Kier alpha value is -2.04. The van der Waals surface area contributed by atoms with Gasteiger partial charge < -0.3 is 5.32 Å². The minimum Gasteiger partial charge on any atom is -0.376 e. The van der Waals surface area contributed by atoms with Crippen molar-refractivity contribution in [3.63, 3.8) is 0 Å². The highest BCUT2D eigenvalue weighted by molar-refractivity contribution is 6.36. The molecule has 0 radical (unpaired) electrons. The van der Waals surface area contributed by atoms with E-state index in [4.69, 9.17) is 23.2 Å². The Morgan fingerprint density at radius 1 is 1.12 bits per heavy atom. The third kappa shape index (κ3) is 2.29. The zero-order valence-electron chi connectivity index (χ0n) is 12.6. The highest BCUT2D eigenvalue weighted by Crippen LogP contribution is 2.54. The van der Waals surface area contributed by atoms with Gasteiger partial charge in [0, 0.05) is 22.6 Å². The van der Waals surface area contributed by atoms with Gasteiger partial charge in [0.05, 0.1) is 27.2 Å². The molecule has 0 spiro atoms. The van der Waals surface area contributed by atoms with E-state index < -0.39 is 0 Å². The zero-order chi connectivity index (χ0) is 16.8. The lowest BCUT2D eigenvalue weighted by Crippen LogP contribution is -2.30. The number of nitrogens with one attached hydrogen (secondary N) is 1. The van der Waals surface area contributed by atoms with Crippen molar-refractivity contribution >= 4 is 34.6 Å². The summed E-state index contributed by atoms with van der Waals surface area (Å²) >= 11 is 12.8. The Bertz CT molecular complexity index is 866. The van der Waals surface area contributed by atoms with Crippen LogP contribution in [0.25, 0.3) is 0 Å². The van der Waals surface area contributed by atoms with Crippen LogP contribution in [-0.4, -0.2) is 4.92 Å². The molecule has 1 heterocycles. The molecule has 0 fully saturated rings. The second-order valence-electron chi connectivity index (χ2n) is 6.11. The molecule has 2 aliphatic rings. The molecule has 0 amide bonds. The maximum atomic E-state index is 11.4. The van der Waals surface area contributed by atoms with Crippen molar-refractivity contribution in [3.05, 3.63) is 79.8 Å². The first-order chi connectivity index (χ1) is 11.6. The van der Waals surface area contributed by atoms with Gasteiger partial charge in [-0.2, -0.15) is 0 Å². The van der Waals surface area contributed by atoms with Crippen molar-refractivity contribution in [3.8, 4) is 0 Å². The van der Waals surface area contributed by atoms with E-state index in [2.05, 4.69) is 17.5 Å². The van der Waals surface area contributed by atoms with E-state index in [1.165, 1.54) is 0 Å². The molecular weight excluding hydrogens is 347 g/mol. The van der Waals surface area contributed by atoms with Crippen LogP contribution in [0.15, 0.2) is 48.6 Å². The molecule has 0 aromatic heterocycles. The molecule has 1 N–H and O–H groups in total. The molecule has 2 aromatic carbocycles. The summed E-state index contributed by atoms with van der Waals surface area (Å²) in [6.45, 7) is 0. The first kappa shape index (κ1) is 15.5. The molecule has 1 aliphatic carbocycles. The molecule has 4 rings (SSSR count). The molecule has 6 heteroatoms. The smallest absolute Gasteiger partial charge is 0.274 e. The molecule has 0 bridgehead atoms. The van der Waals surface area contributed by atoms with Crippen LogP contribution >= 0.6 is 23.2 Å². The average Bonchev–Trinajstić information content (AvgIpc) is 3.06. The van der Waals surface area contributed by atoms with Crippen LogP contribution in [-0.2, 0) is 0 Å². The topological polar surface area (TPSA) is 55.2 Å². The fourth-order valence-electron chi connectivity index (χ4n) is 3.85. The Kier molecular flexibility index (Phi) is 3.74. The van der Waals surface area contributed by atoms with E-state index >= 15 is 0 Å². The number of rotatable bonds is 2. The van der Waals surface area contributed by atoms with Crippen molar-refractivity contribution < 1.29 is 4.92 Å². The van der Waals surface area contributed by atoms with Gasteiger partial charge in [-0.05, 0) is 24.5 Å². The molecule has 0 saturated heterocycles. The van der Waals surface area contributed by atoms with Crippen LogP contribution in [0.2, 0.25) is 10.0 Å². The van der Waals surface area contributed by atoms with Crippen LogP contribution in [0, 0.1) is 16.0 Å². The Morgan fingerprint density at radius 2 is 1.88 bits per heavy atom. The maximum absolute atomic E-state index is 11.4. The first-order valence-electron chi connectivity index (χ1n) is 7.72. The van der Waals surface area contributed by atoms with Crippen LogP contribution in [0.3, 0.4) is 0 Å². The number of fused-ring (bicyclic) bond motifs is 3. The van der Waals surface area contributed by atoms with E-state index in [9.17, 15) is 10.1 Å². The number of allylic oxidation sites excluding steroid dienone is 2. The van der Waals surface area contributed by atoms with Crippen LogP contribution in [0.5, 0.6) is 0 Å². The van der Waals surface area contributed by atoms with E-state index in [1.807, 2.05) is 12.1 Å². The van der Waals surface area contributed by atoms with Gasteiger partial charge in [-0.1, -0.05) is 53.6 Å². The van der Waals surface area contributed by atoms with Crippen LogP contribution < -0.4 is 5.32 Å². The summed E-state index contributed by atoms with van der Waals surface area (Å²) in [5.41, 5.74) is 2.57. The molecule has 24 heavy (non-hydrogen) atoms. The molecule has 0 saturated carbocycles. The Balaban J connectivity index is 1.88. The number of nitro benzene ring substituents is 1. The van der Waals surface area contributed by atoms with Crippen molar-refractivity contribution in [1.82, 2.24) is 0 Å². The maximum Gasteiger partial charge on any atom is 0.274 e. The molecule has 122 valence electrons. The van der Waals surface area contributed by atoms with E-state index in [-0.39, 0.29) is 28.5 Å². The summed E-state index contributed by atoms with van der Waals surface area (Å²) in [6, 6.07) is 10.3. The lowest BCUT2D eigenvalue weighted by atomic mass is 9.76. The van der Waals surface area contributed by atoms with Crippen molar-refractivity contribution in [2.24, 2.45) is 5.92 Å². The lowest BCUT2D eigenvalue weighted by Gasteiger charge is -2.38. The molecule has 0 unspecified atom stereocenters. The number of hydrogen-bond donors (Lipinski definition) is 1. The molecule has 4 nitrogen and oxygen atoms in total. The number of nitrogens with zero attached hydrogens (tertiary/aromatic N) is 1. The van der Waals surface area contributed by atoms with Gasteiger partial charge in [-0.3, -0.25) is 10.1 Å². The molecule has 3 atom stereocenters. The molecular formula is C18H14Cl2N2O2. The number of para-hydroxylation sites is 1. The quantitative estimate of drug-likeness (QED) is 0.422. The number of anilines is 1. The highest BCUT2D eigenvalue weighted by Gasteiger charge is 2.41. The summed E-state index contributed by atoms with van der Waals surface area (Å²) in [5, 5.41) is 16.1. The number of benzene rings is 2. The summed E-state index contributed by atoms with van der Waals surface area (Å²) in [6.07, 6.45) is 5.09. The summed E-state index contributed by atoms with van der Waals surface area (Å²) in [7, 11) is 0. The van der Waals surface area contributed by atoms with E-state index in [0.29, 0.717) is 15.6 Å². The second kappa shape index (κ2) is 5.80. The van der Waals surface area contributed by atoms with Crippen molar-refractivity contribution in [2.45, 2.75) is 18.4 Å². The predicted octanol–water partition coefficient (Wildman–Crippen LogP) is 5.73. The average molecular weight is 361 g/mol. The SMILES string of the molecule is O=[N+]([O-])c1ccccc1[C@@H]1Nc2c(Cl)ccc(Cl)c2[C@H]2C=CC[C@H]21. The highest BCUT2D eigenvalue weighted by atomic mass is 35.5. The standard InChI is InChI=1S/C18H14Cl2N2O2/c19-13-8-9-14(20)18-16(13)10-5-3-6-11(10)17(21-18)12-4-1-2-7-15(12)22(23)24/h1-5,7-11,17,21H,6H2/t10-,11+,17+/m0/s1. The van der Waals surface area contributed by atoms with Gasteiger partial charge in [0.2, 0.25) is 0 Å². The van der Waals surface area contributed by atoms with Gasteiger partial charge >= 0.3 is 0 Å². The number of nitro groups is 1. The minimum absolute atomic E-state index is 0.109. The fourth-order valence-corrected chi connectivity index (χ4v) is 4.36. The summed E-state index contributed by atoms with van der Waals surface area (Å²) in [5.74, 6) is 0.284. The van der Waals surface area contributed by atoms with E-state index in [1.54, 1.807) is 24.3 Å². The summed E-state index contributed by atoms with van der Waals surface area (Å²) in [4.78, 5) is 11.1. The number of hydrogen-bond acceptors (Lipinski definition) is 3. The lowest BCUT2D eigenvalue weighted by molar-refractivity contribution is -0.385. The third-order valence-corrected chi connectivity index (χ3v) is 5.53. The monoisotopic (exact) mass is 360 g/mol. The predicted molar refractivity (Wildman–Crippen MR) is 95.9 cm³/mol. The largest absolute Gasteiger partial charge is 0.376 e. The fraction of sp³-hybridized carbons (Fsp3) is 0.222. The van der Waals surface area contributed by atoms with Crippen molar-refractivity contribution in [2.75, 3.05) is 5.32 Å². The zero-order valence-corrected chi connectivity index (χ0v) is 14.1. The second-order valence-corrected chi connectivity index (χ2v) is 6.92. The van der Waals surface area contributed by atoms with E-state index in [0.717, 1.165) is 17.7 Å². The van der Waals surface area contributed by atoms with Gasteiger partial charge in [-0.25, -0.2) is 0 Å². The minimum atomic E-state index is -0.330. The van der Waals surface area contributed by atoms with Crippen molar-refractivity contribution in [1.29, 1.82) is 0 Å². The Morgan fingerprint density at radius 3 is 2.67 bits per heavy atom. The first-order valence-corrected chi connectivity index (χ1v) is 8.48.